The summed E-state index contributed by atoms with van der Waals surface area (Å²) < 4.78 is 11.9. The Hall–Kier alpha value is -3.27. The number of rotatable bonds is 7. The number of aliphatic hydroxyl groups excluding tert-OH is 1. The zero-order valence-electron chi connectivity index (χ0n) is 29.4. The molecule has 1 aliphatic carbocycles. The summed E-state index contributed by atoms with van der Waals surface area (Å²) in [5, 5.41) is 22.2. The molecule has 1 amide bonds. The van der Waals surface area contributed by atoms with Gasteiger partial charge in [0.05, 0.1) is 12.5 Å². The molecule has 0 radical (unpaired) electrons. The van der Waals surface area contributed by atoms with Crippen molar-refractivity contribution in [2.24, 2.45) is 5.92 Å². The van der Waals surface area contributed by atoms with E-state index in [1.807, 2.05) is 62.4 Å². The van der Waals surface area contributed by atoms with E-state index >= 15 is 0 Å². The van der Waals surface area contributed by atoms with Gasteiger partial charge in [0.2, 0.25) is 0 Å². The molecule has 6 atom stereocenters. The monoisotopic (exact) mass is 663 g/mol. The Morgan fingerprint density at radius 3 is 2.48 bits per heavy atom. The van der Waals surface area contributed by atoms with Crippen molar-refractivity contribution in [3.05, 3.63) is 78.2 Å². The molecule has 264 valence electrons. The molecular weight excluding hydrogens is 606 g/mol. The Balaban J connectivity index is 1.43. The number of allylic oxidation sites excluding steroid dienone is 5. The van der Waals surface area contributed by atoms with Crippen LogP contribution < -0.4 is 0 Å². The van der Waals surface area contributed by atoms with Crippen molar-refractivity contribution in [2.75, 3.05) is 26.2 Å². The number of piperazine rings is 1. The fraction of sp³-hybridized carbons (Fsp3) is 0.615. The summed E-state index contributed by atoms with van der Waals surface area (Å²) in [6, 6.07) is 6.47. The van der Waals surface area contributed by atoms with E-state index in [4.69, 9.17) is 9.47 Å². The van der Waals surface area contributed by atoms with E-state index in [9.17, 15) is 19.8 Å². The van der Waals surface area contributed by atoms with Crippen molar-refractivity contribution in [3.63, 3.8) is 0 Å². The van der Waals surface area contributed by atoms with E-state index in [1.54, 1.807) is 24.1 Å². The van der Waals surface area contributed by atoms with Gasteiger partial charge >= 0.3 is 12.1 Å². The van der Waals surface area contributed by atoms with Gasteiger partial charge in [0.25, 0.3) is 0 Å². The molecule has 1 aromatic heterocycles. The highest BCUT2D eigenvalue weighted by molar-refractivity contribution is 5.70. The number of hydrogen-bond donors (Lipinski definition) is 2. The van der Waals surface area contributed by atoms with Crippen molar-refractivity contribution < 1.29 is 29.3 Å². The van der Waals surface area contributed by atoms with E-state index in [1.165, 1.54) is 38.5 Å². The number of pyridine rings is 1. The molecule has 2 N–H and O–H groups in total. The second-order valence-electron chi connectivity index (χ2n) is 14.1. The van der Waals surface area contributed by atoms with Crippen molar-refractivity contribution in [2.45, 2.75) is 121 Å². The molecule has 2 fully saturated rings. The van der Waals surface area contributed by atoms with Gasteiger partial charge in [0.15, 0.2) is 6.10 Å². The van der Waals surface area contributed by atoms with E-state index in [0.29, 0.717) is 19.1 Å². The van der Waals surface area contributed by atoms with Gasteiger partial charge in [-0.05, 0) is 63.3 Å². The third-order valence-corrected chi connectivity index (χ3v) is 10.0. The molecule has 1 saturated carbocycles. The number of aromatic nitrogens is 1. The van der Waals surface area contributed by atoms with E-state index < -0.39 is 36.0 Å². The lowest BCUT2D eigenvalue weighted by Crippen LogP contribution is -2.53. The van der Waals surface area contributed by atoms with Gasteiger partial charge in [0, 0.05) is 55.9 Å². The molecule has 9 nitrogen and oxygen atoms in total. The van der Waals surface area contributed by atoms with Gasteiger partial charge in [0.1, 0.15) is 11.7 Å². The fourth-order valence-electron chi connectivity index (χ4n) is 6.87. The molecule has 3 aliphatic rings. The second kappa shape index (κ2) is 18.5. The number of carbonyl (C=O) groups excluding carboxylic acids is 2. The van der Waals surface area contributed by atoms with Gasteiger partial charge < -0.3 is 24.6 Å². The Labute approximate surface area is 287 Å². The maximum Gasteiger partial charge on any atom is 0.410 e. The highest BCUT2D eigenvalue weighted by Crippen LogP contribution is 2.28. The van der Waals surface area contributed by atoms with Crippen LogP contribution in [-0.4, -0.2) is 93.2 Å². The summed E-state index contributed by atoms with van der Waals surface area (Å²) in [6.07, 6.45) is 19.9. The van der Waals surface area contributed by atoms with Crippen LogP contribution in [0.25, 0.3) is 0 Å². The molecule has 0 unspecified atom stereocenters. The minimum Gasteiger partial charge on any atom is -0.457 e. The quantitative estimate of drug-likeness (QED) is 0.147. The molecule has 0 spiro atoms. The van der Waals surface area contributed by atoms with Gasteiger partial charge in [-0.25, -0.2) is 4.79 Å². The Kier molecular flexibility index (Phi) is 14.5. The molecule has 1 aromatic rings. The Morgan fingerprint density at radius 1 is 1.06 bits per heavy atom. The predicted octanol–water partition coefficient (Wildman–Crippen LogP) is 6.49. The van der Waals surface area contributed by atoms with Gasteiger partial charge in [-0.15, -0.1) is 0 Å². The lowest BCUT2D eigenvalue weighted by molar-refractivity contribution is -0.151. The van der Waals surface area contributed by atoms with Crippen LogP contribution in [0.3, 0.4) is 0 Å². The predicted molar refractivity (Wildman–Crippen MR) is 188 cm³/mol. The van der Waals surface area contributed by atoms with Crippen molar-refractivity contribution >= 4 is 12.1 Å². The highest BCUT2D eigenvalue weighted by Gasteiger charge is 2.37. The van der Waals surface area contributed by atoms with E-state index in [-0.39, 0.29) is 31.1 Å². The summed E-state index contributed by atoms with van der Waals surface area (Å²) in [5.41, 5.74) is 0.369. The normalized spacial score (nSPS) is 30.7. The Bertz CT molecular complexity index is 1280. The van der Waals surface area contributed by atoms with Crippen LogP contribution in [0.2, 0.25) is 0 Å². The molecule has 0 aromatic carbocycles. The van der Waals surface area contributed by atoms with Crippen molar-refractivity contribution in [1.82, 2.24) is 14.8 Å². The summed E-state index contributed by atoms with van der Waals surface area (Å²) in [5.74, 6) is -0.630. The first-order valence-electron chi connectivity index (χ1n) is 17.9. The minimum absolute atomic E-state index is 0.146. The molecule has 3 heterocycles. The number of aliphatic hydroxyl groups is 2. The Morgan fingerprint density at radius 2 is 1.79 bits per heavy atom. The van der Waals surface area contributed by atoms with Crippen LogP contribution in [0.1, 0.15) is 97.1 Å². The number of amides is 1. The number of ether oxygens (including phenoxy) is 2. The van der Waals surface area contributed by atoms with Gasteiger partial charge in [-0.3, -0.25) is 14.7 Å². The first-order chi connectivity index (χ1) is 23.0. The van der Waals surface area contributed by atoms with Crippen LogP contribution in [0, 0.1) is 5.92 Å². The van der Waals surface area contributed by atoms with E-state index in [0.717, 1.165) is 24.4 Å². The number of esters is 1. The third kappa shape index (κ3) is 11.4. The number of cyclic esters (lactones) is 1. The molecular formula is C39H57N3O6. The summed E-state index contributed by atoms with van der Waals surface area (Å²) in [4.78, 5) is 34.9. The third-order valence-electron chi connectivity index (χ3n) is 10.0. The highest BCUT2D eigenvalue weighted by atomic mass is 16.6. The summed E-state index contributed by atoms with van der Waals surface area (Å²) in [7, 11) is 0. The zero-order valence-corrected chi connectivity index (χ0v) is 29.4. The zero-order chi connectivity index (χ0) is 34.5. The van der Waals surface area contributed by atoms with Crippen LogP contribution in [0.15, 0.2) is 72.5 Å². The number of hydrogen-bond acceptors (Lipinski definition) is 8. The topological polar surface area (TPSA) is 112 Å². The van der Waals surface area contributed by atoms with Crippen LogP contribution in [0.5, 0.6) is 0 Å². The van der Waals surface area contributed by atoms with Crippen molar-refractivity contribution in [3.8, 4) is 0 Å². The molecule has 48 heavy (non-hydrogen) atoms. The molecule has 4 rings (SSSR count). The van der Waals surface area contributed by atoms with Gasteiger partial charge in [-0.1, -0.05) is 82.1 Å². The average Bonchev–Trinajstić information content (AvgIpc) is 3.37. The second-order valence-corrected chi connectivity index (χ2v) is 14.1. The summed E-state index contributed by atoms with van der Waals surface area (Å²) >= 11 is 0. The number of nitrogens with zero attached hydrogens (tertiary/aromatic N) is 3. The maximum absolute atomic E-state index is 13.4. The molecule has 9 heteroatoms. The minimum atomic E-state index is -1.44. The fourth-order valence-corrected chi connectivity index (χ4v) is 6.87. The van der Waals surface area contributed by atoms with Crippen LogP contribution >= 0.6 is 0 Å². The summed E-state index contributed by atoms with van der Waals surface area (Å²) in [6.45, 7) is 10.4. The van der Waals surface area contributed by atoms with E-state index in [2.05, 4.69) is 22.9 Å². The molecule has 2 aliphatic heterocycles. The standard InChI is InChI=1S/C39H57N3O6/c1-29(34-18-12-13-23-40-34)14-8-7-9-15-30(2)37-31(3)19-20-35(39(4,46)22-21-33(43)28-36(44)48-37)47-38(45)42-26-24-41(25-27-42)32-16-10-5-6-11-17-32/h7-9,12-15,18-20,23,29,31-33,35,37,43,46H,5-6,10-11,16-17,21-22,24-28H2,1-4H3/b9-7+,14-8+,20-19+,30-15+/t29-,31-,33-,35-,37+,39-/m0/s1. The molecule has 0 bridgehead atoms. The number of carbonyl (C=O) groups is 2. The largest absolute Gasteiger partial charge is 0.457 e. The average molecular weight is 664 g/mol. The smallest absolute Gasteiger partial charge is 0.410 e. The lowest BCUT2D eigenvalue weighted by atomic mass is 9.89. The first kappa shape index (κ1) is 37.5. The van der Waals surface area contributed by atoms with Crippen LogP contribution in [-0.2, 0) is 14.3 Å². The molecule has 1 saturated heterocycles. The van der Waals surface area contributed by atoms with Crippen molar-refractivity contribution in [1.29, 1.82) is 0 Å². The van der Waals surface area contributed by atoms with Crippen LogP contribution in [0.4, 0.5) is 4.79 Å². The van der Waals surface area contributed by atoms with Gasteiger partial charge in [-0.2, -0.15) is 0 Å². The maximum atomic E-state index is 13.4. The first-order valence-corrected chi connectivity index (χ1v) is 17.9. The SMILES string of the molecule is C\C(=C/C=C/C=C/[C@H](C)c1ccccn1)[C@H]1OC(=O)C[C@@H](O)CC[C@](C)(O)[C@@H](OC(=O)N2CCN(C3CCCCCC3)CC2)/C=C/[C@@H]1C. The lowest BCUT2D eigenvalue weighted by Gasteiger charge is -2.40.